The second-order valence-electron chi connectivity index (χ2n) is 4.36. The third-order valence-electron chi connectivity index (χ3n) is 2.99. The van der Waals surface area contributed by atoms with E-state index in [0.29, 0.717) is 0 Å². The Kier molecular flexibility index (Phi) is 3.49. The van der Waals surface area contributed by atoms with E-state index in [1.165, 1.54) is 16.7 Å². The molecule has 0 atom stereocenters. The number of aromatic nitrogens is 1. The molecule has 0 spiro atoms. The molecule has 94 valence electrons. The summed E-state index contributed by atoms with van der Waals surface area (Å²) in [5.41, 5.74) is 4.65. The van der Waals surface area contributed by atoms with E-state index in [0.717, 1.165) is 15.2 Å². The third kappa shape index (κ3) is 2.62. The standard InChI is InChI=1S/C16H12BrNS/c1-11-9-13(17)7-8-14(11)16-18-15(10-19-16)12-5-3-2-4-6-12/h2-10H,1H3. The monoisotopic (exact) mass is 329 g/mol. The van der Waals surface area contributed by atoms with Gasteiger partial charge >= 0.3 is 0 Å². The fourth-order valence-corrected chi connectivity index (χ4v) is 3.40. The van der Waals surface area contributed by atoms with Gasteiger partial charge in [0, 0.05) is 21.0 Å². The first-order valence-corrected chi connectivity index (χ1v) is 7.69. The van der Waals surface area contributed by atoms with Gasteiger partial charge < -0.3 is 0 Å². The third-order valence-corrected chi connectivity index (χ3v) is 4.36. The van der Waals surface area contributed by atoms with Crippen molar-refractivity contribution in [3.63, 3.8) is 0 Å². The molecule has 0 aliphatic carbocycles. The Morgan fingerprint density at radius 2 is 1.84 bits per heavy atom. The maximum Gasteiger partial charge on any atom is 0.124 e. The molecule has 0 unspecified atom stereocenters. The molecule has 1 heterocycles. The summed E-state index contributed by atoms with van der Waals surface area (Å²) in [6.07, 6.45) is 0. The lowest BCUT2D eigenvalue weighted by Crippen LogP contribution is -1.83. The topological polar surface area (TPSA) is 12.9 Å². The number of rotatable bonds is 2. The highest BCUT2D eigenvalue weighted by Crippen LogP contribution is 2.31. The summed E-state index contributed by atoms with van der Waals surface area (Å²) in [7, 11) is 0. The van der Waals surface area contributed by atoms with Crippen LogP contribution in [0.15, 0.2) is 58.4 Å². The zero-order valence-corrected chi connectivity index (χ0v) is 12.8. The van der Waals surface area contributed by atoms with Crippen molar-refractivity contribution >= 4 is 27.3 Å². The highest BCUT2D eigenvalue weighted by Gasteiger charge is 2.08. The number of benzene rings is 2. The molecule has 3 heteroatoms. The quantitative estimate of drug-likeness (QED) is 0.600. The highest BCUT2D eigenvalue weighted by atomic mass is 79.9. The van der Waals surface area contributed by atoms with Crippen LogP contribution in [-0.2, 0) is 0 Å². The Morgan fingerprint density at radius 3 is 2.58 bits per heavy atom. The van der Waals surface area contributed by atoms with Gasteiger partial charge in [-0.2, -0.15) is 0 Å². The van der Waals surface area contributed by atoms with E-state index < -0.39 is 0 Å². The first-order valence-electron chi connectivity index (χ1n) is 6.01. The van der Waals surface area contributed by atoms with Gasteiger partial charge in [-0.05, 0) is 24.6 Å². The molecule has 1 nitrogen and oxygen atoms in total. The summed E-state index contributed by atoms with van der Waals surface area (Å²) >= 11 is 5.18. The number of aryl methyl sites for hydroxylation is 1. The molecule has 0 saturated carbocycles. The van der Waals surface area contributed by atoms with Crippen molar-refractivity contribution in [2.75, 3.05) is 0 Å². The molecular weight excluding hydrogens is 318 g/mol. The van der Waals surface area contributed by atoms with Crippen LogP contribution in [0.2, 0.25) is 0 Å². The Hall–Kier alpha value is -1.45. The van der Waals surface area contributed by atoms with Gasteiger partial charge in [0.25, 0.3) is 0 Å². The van der Waals surface area contributed by atoms with Crippen molar-refractivity contribution in [2.24, 2.45) is 0 Å². The molecule has 1 aromatic heterocycles. The molecule has 0 amide bonds. The summed E-state index contributed by atoms with van der Waals surface area (Å²) in [5, 5.41) is 3.19. The van der Waals surface area contributed by atoms with Crippen molar-refractivity contribution < 1.29 is 0 Å². The lowest BCUT2D eigenvalue weighted by molar-refractivity contribution is 1.37. The smallest absolute Gasteiger partial charge is 0.124 e. The van der Waals surface area contributed by atoms with Gasteiger partial charge in [-0.15, -0.1) is 11.3 Å². The number of nitrogens with zero attached hydrogens (tertiary/aromatic N) is 1. The average molecular weight is 330 g/mol. The van der Waals surface area contributed by atoms with Gasteiger partial charge in [0.2, 0.25) is 0 Å². The van der Waals surface area contributed by atoms with Crippen LogP contribution in [0.4, 0.5) is 0 Å². The van der Waals surface area contributed by atoms with Crippen molar-refractivity contribution in [1.29, 1.82) is 0 Å². The maximum atomic E-state index is 4.74. The minimum absolute atomic E-state index is 1.04. The molecule has 0 aliphatic heterocycles. The lowest BCUT2D eigenvalue weighted by atomic mass is 10.1. The number of hydrogen-bond donors (Lipinski definition) is 0. The number of halogens is 1. The molecule has 0 radical (unpaired) electrons. The van der Waals surface area contributed by atoms with E-state index in [-0.39, 0.29) is 0 Å². The van der Waals surface area contributed by atoms with Gasteiger partial charge in [-0.1, -0.05) is 52.3 Å². The van der Waals surface area contributed by atoms with E-state index >= 15 is 0 Å². The molecule has 0 aliphatic rings. The zero-order chi connectivity index (χ0) is 13.2. The molecule has 3 rings (SSSR count). The summed E-state index contributed by atoms with van der Waals surface area (Å²) in [5.74, 6) is 0. The minimum atomic E-state index is 1.04. The lowest BCUT2D eigenvalue weighted by Gasteiger charge is -2.02. The molecule has 0 fully saturated rings. The van der Waals surface area contributed by atoms with Gasteiger partial charge in [0.1, 0.15) is 5.01 Å². The first-order chi connectivity index (χ1) is 9.24. The van der Waals surface area contributed by atoms with Crippen LogP contribution in [0.1, 0.15) is 5.56 Å². The zero-order valence-electron chi connectivity index (χ0n) is 10.4. The summed E-state index contributed by atoms with van der Waals surface area (Å²) in [4.78, 5) is 4.74. The van der Waals surface area contributed by atoms with E-state index in [9.17, 15) is 0 Å². The second kappa shape index (κ2) is 5.27. The fourth-order valence-electron chi connectivity index (χ4n) is 2.01. The fraction of sp³-hybridized carbons (Fsp3) is 0.0625. The van der Waals surface area contributed by atoms with Crippen LogP contribution < -0.4 is 0 Å². The number of hydrogen-bond acceptors (Lipinski definition) is 2. The van der Waals surface area contributed by atoms with Gasteiger partial charge in [-0.3, -0.25) is 0 Å². The average Bonchev–Trinajstić information content (AvgIpc) is 2.89. The minimum Gasteiger partial charge on any atom is -0.236 e. The maximum absolute atomic E-state index is 4.74. The molecule has 0 N–H and O–H groups in total. The highest BCUT2D eigenvalue weighted by molar-refractivity contribution is 9.10. The summed E-state index contributed by atoms with van der Waals surface area (Å²) in [6, 6.07) is 16.6. The Labute approximate surface area is 125 Å². The van der Waals surface area contributed by atoms with Crippen LogP contribution in [0.25, 0.3) is 21.8 Å². The molecule has 0 bridgehead atoms. The van der Waals surface area contributed by atoms with Crippen molar-refractivity contribution in [1.82, 2.24) is 4.98 Å². The van der Waals surface area contributed by atoms with Crippen LogP contribution in [0.5, 0.6) is 0 Å². The van der Waals surface area contributed by atoms with E-state index in [2.05, 4.69) is 58.6 Å². The molecule has 0 saturated heterocycles. The molecule has 2 aromatic carbocycles. The predicted octanol–water partition coefficient (Wildman–Crippen LogP) is 5.55. The van der Waals surface area contributed by atoms with Gasteiger partial charge in [0.15, 0.2) is 0 Å². The first kappa shape index (κ1) is 12.6. The van der Waals surface area contributed by atoms with Crippen LogP contribution in [0, 0.1) is 6.92 Å². The summed E-state index contributed by atoms with van der Waals surface area (Å²) in [6.45, 7) is 2.11. The largest absolute Gasteiger partial charge is 0.236 e. The normalized spacial score (nSPS) is 10.6. The SMILES string of the molecule is Cc1cc(Br)ccc1-c1nc(-c2ccccc2)cs1. The van der Waals surface area contributed by atoms with Crippen molar-refractivity contribution in [3.05, 3.63) is 63.9 Å². The Morgan fingerprint density at radius 1 is 1.05 bits per heavy atom. The van der Waals surface area contributed by atoms with E-state index in [1.54, 1.807) is 11.3 Å². The van der Waals surface area contributed by atoms with Crippen LogP contribution in [-0.4, -0.2) is 4.98 Å². The van der Waals surface area contributed by atoms with Gasteiger partial charge in [-0.25, -0.2) is 4.98 Å². The number of thiazole rings is 1. The van der Waals surface area contributed by atoms with Crippen LogP contribution in [0.3, 0.4) is 0 Å². The Bertz CT molecular complexity index is 704. The van der Waals surface area contributed by atoms with Crippen molar-refractivity contribution in [2.45, 2.75) is 6.92 Å². The van der Waals surface area contributed by atoms with E-state index in [4.69, 9.17) is 4.98 Å². The van der Waals surface area contributed by atoms with E-state index in [1.807, 2.05) is 18.2 Å². The Balaban J connectivity index is 2.02. The molecule has 19 heavy (non-hydrogen) atoms. The summed E-state index contributed by atoms with van der Waals surface area (Å²) < 4.78 is 1.11. The molecule has 3 aromatic rings. The molecular formula is C16H12BrNS. The van der Waals surface area contributed by atoms with Crippen molar-refractivity contribution in [3.8, 4) is 21.8 Å². The second-order valence-corrected chi connectivity index (χ2v) is 6.14. The van der Waals surface area contributed by atoms with Gasteiger partial charge in [0.05, 0.1) is 5.69 Å². The van der Waals surface area contributed by atoms with Crippen LogP contribution >= 0.6 is 27.3 Å². The predicted molar refractivity (Wildman–Crippen MR) is 85.4 cm³/mol.